The molecule has 0 atom stereocenters. The van der Waals surface area contributed by atoms with Gasteiger partial charge >= 0.3 is 0 Å². The van der Waals surface area contributed by atoms with Gasteiger partial charge in [0.05, 0.1) is 25.3 Å². The molecule has 1 aromatic carbocycles. The second kappa shape index (κ2) is 4.41. The molecule has 2 rings (SSSR count). The number of ether oxygens (including phenoxy) is 3. The Hall–Kier alpha value is -1.90. The lowest BCUT2D eigenvalue weighted by molar-refractivity contribution is 0.157. The van der Waals surface area contributed by atoms with E-state index in [0.717, 1.165) is 22.6 Å². The first-order chi connectivity index (χ1) is 8.52. The van der Waals surface area contributed by atoms with Crippen molar-refractivity contribution in [3.8, 4) is 17.2 Å². The lowest BCUT2D eigenvalue weighted by atomic mass is 9.98. The van der Waals surface area contributed by atoms with Gasteiger partial charge in [0.25, 0.3) is 0 Å². The maximum Gasteiger partial charge on any atom is 0.142 e. The van der Waals surface area contributed by atoms with E-state index in [-0.39, 0.29) is 5.60 Å². The highest BCUT2D eigenvalue weighted by molar-refractivity contribution is 5.77. The molecule has 1 heterocycles. The van der Waals surface area contributed by atoms with Crippen molar-refractivity contribution >= 4 is 12.2 Å². The number of hydrogen-bond donors (Lipinski definition) is 0. The largest absolute Gasteiger partial charge is 0.496 e. The van der Waals surface area contributed by atoms with Crippen molar-refractivity contribution in [3.63, 3.8) is 0 Å². The molecule has 0 amide bonds. The Morgan fingerprint density at radius 1 is 1.22 bits per heavy atom. The highest BCUT2D eigenvalue weighted by Crippen LogP contribution is 2.44. The molecular weight excluding hydrogens is 228 g/mol. The molecule has 3 heteroatoms. The summed E-state index contributed by atoms with van der Waals surface area (Å²) in [5.41, 5.74) is 1.43. The first kappa shape index (κ1) is 12.6. The van der Waals surface area contributed by atoms with Crippen LogP contribution in [-0.2, 0) is 0 Å². The topological polar surface area (TPSA) is 27.7 Å². The maximum absolute atomic E-state index is 6.01. The Bertz CT molecular complexity index is 513. The molecule has 0 aliphatic carbocycles. The van der Waals surface area contributed by atoms with Gasteiger partial charge in [0.15, 0.2) is 0 Å². The average Bonchev–Trinajstić information content (AvgIpc) is 2.35. The first-order valence-corrected chi connectivity index (χ1v) is 5.82. The molecule has 0 N–H and O–H groups in total. The SMILES string of the molecule is C=Cc1c(OC)cc(OC)c2c1OC(C)(C)C=C2. The van der Waals surface area contributed by atoms with Crippen molar-refractivity contribution in [2.75, 3.05) is 14.2 Å². The normalized spacial score (nSPS) is 15.6. The van der Waals surface area contributed by atoms with E-state index in [1.54, 1.807) is 20.3 Å². The molecule has 0 fully saturated rings. The van der Waals surface area contributed by atoms with Crippen LogP contribution in [0.3, 0.4) is 0 Å². The Kier molecular flexibility index (Phi) is 3.07. The Morgan fingerprint density at radius 2 is 1.89 bits per heavy atom. The zero-order valence-corrected chi connectivity index (χ0v) is 11.2. The van der Waals surface area contributed by atoms with Crippen molar-refractivity contribution < 1.29 is 14.2 Å². The fourth-order valence-corrected chi connectivity index (χ4v) is 2.02. The van der Waals surface area contributed by atoms with E-state index in [9.17, 15) is 0 Å². The van der Waals surface area contributed by atoms with Crippen LogP contribution in [0.5, 0.6) is 17.2 Å². The summed E-state index contributed by atoms with van der Waals surface area (Å²) < 4.78 is 16.7. The molecule has 0 unspecified atom stereocenters. The van der Waals surface area contributed by atoms with E-state index in [2.05, 4.69) is 6.58 Å². The summed E-state index contributed by atoms with van der Waals surface area (Å²) in [6.45, 7) is 7.84. The molecule has 0 spiro atoms. The number of rotatable bonds is 3. The third-order valence-electron chi connectivity index (χ3n) is 2.94. The monoisotopic (exact) mass is 246 g/mol. The maximum atomic E-state index is 6.01. The lowest BCUT2D eigenvalue weighted by Crippen LogP contribution is -2.28. The molecule has 18 heavy (non-hydrogen) atoms. The summed E-state index contributed by atoms with van der Waals surface area (Å²) in [5.74, 6) is 2.19. The van der Waals surface area contributed by atoms with Gasteiger partial charge in [-0.05, 0) is 26.0 Å². The van der Waals surface area contributed by atoms with E-state index in [1.807, 2.05) is 32.1 Å². The van der Waals surface area contributed by atoms with Crippen LogP contribution in [0, 0.1) is 0 Å². The molecule has 3 nitrogen and oxygen atoms in total. The smallest absolute Gasteiger partial charge is 0.142 e. The summed E-state index contributed by atoms with van der Waals surface area (Å²) in [7, 11) is 3.26. The van der Waals surface area contributed by atoms with E-state index < -0.39 is 0 Å². The van der Waals surface area contributed by atoms with Gasteiger partial charge in [-0.15, -0.1) is 0 Å². The number of fused-ring (bicyclic) bond motifs is 1. The number of hydrogen-bond acceptors (Lipinski definition) is 3. The quantitative estimate of drug-likeness (QED) is 0.816. The first-order valence-electron chi connectivity index (χ1n) is 5.82. The summed E-state index contributed by atoms with van der Waals surface area (Å²) in [6.07, 6.45) is 5.77. The fraction of sp³-hybridized carbons (Fsp3) is 0.333. The zero-order valence-electron chi connectivity index (χ0n) is 11.2. The summed E-state index contributed by atoms with van der Waals surface area (Å²) in [5, 5.41) is 0. The van der Waals surface area contributed by atoms with E-state index >= 15 is 0 Å². The van der Waals surface area contributed by atoms with E-state index in [0.29, 0.717) is 5.75 Å². The van der Waals surface area contributed by atoms with Crippen LogP contribution < -0.4 is 14.2 Å². The minimum atomic E-state index is -0.345. The fourth-order valence-electron chi connectivity index (χ4n) is 2.02. The molecule has 1 aromatic rings. The van der Waals surface area contributed by atoms with Gasteiger partial charge in [0, 0.05) is 6.07 Å². The van der Waals surface area contributed by atoms with Gasteiger partial charge in [-0.25, -0.2) is 0 Å². The third-order valence-corrected chi connectivity index (χ3v) is 2.94. The number of methoxy groups -OCH3 is 2. The van der Waals surface area contributed by atoms with Crippen LogP contribution in [0.2, 0.25) is 0 Å². The van der Waals surface area contributed by atoms with Crippen LogP contribution in [0.25, 0.3) is 12.2 Å². The summed E-state index contributed by atoms with van der Waals surface area (Å²) in [6, 6.07) is 1.85. The van der Waals surface area contributed by atoms with Crippen LogP contribution in [0.15, 0.2) is 18.7 Å². The molecule has 0 radical (unpaired) electrons. The minimum absolute atomic E-state index is 0.345. The Balaban J connectivity index is 2.71. The Morgan fingerprint density at radius 3 is 2.44 bits per heavy atom. The standard InChI is InChI=1S/C15H18O3/c1-6-10-12(16-4)9-13(17-5)11-7-8-15(2,3)18-14(10)11/h6-9H,1H2,2-5H3. The third kappa shape index (κ3) is 1.96. The molecule has 1 aliphatic rings. The van der Waals surface area contributed by atoms with Crippen LogP contribution >= 0.6 is 0 Å². The lowest BCUT2D eigenvalue weighted by Gasteiger charge is -2.30. The predicted molar refractivity (Wildman–Crippen MR) is 73.4 cm³/mol. The van der Waals surface area contributed by atoms with E-state index in [1.165, 1.54) is 0 Å². The molecule has 0 saturated carbocycles. The second-order valence-corrected chi connectivity index (χ2v) is 4.68. The van der Waals surface area contributed by atoms with Gasteiger partial charge in [-0.1, -0.05) is 12.7 Å². The minimum Gasteiger partial charge on any atom is -0.496 e. The average molecular weight is 246 g/mol. The molecular formula is C15H18O3. The van der Waals surface area contributed by atoms with E-state index in [4.69, 9.17) is 14.2 Å². The predicted octanol–water partition coefficient (Wildman–Crippen LogP) is 3.53. The summed E-state index contributed by atoms with van der Waals surface area (Å²) >= 11 is 0. The second-order valence-electron chi connectivity index (χ2n) is 4.68. The van der Waals surface area contributed by atoms with Crippen molar-refractivity contribution in [2.24, 2.45) is 0 Å². The van der Waals surface area contributed by atoms with Crippen molar-refractivity contribution in [1.82, 2.24) is 0 Å². The van der Waals surface area contributed by atoms with Crippen molar-refractivity contribution in [2.45, 2.75) is 19.4 Å². The van der Waals surface area contributed by atoms with Crippen LogP contribution in [-0.4, -0.2) is 19.8 Å². The van der Waals surface area contributed by atoms with Gasteiger partial charge in [0.1, 0.15) is 22.8 Å². The van der Waals surface area contributed by atoms with Crippen molar-refractivity contribution in [1.29, 1.82) is 0 Å². The van der Waals surface area contributed by atoms with Gasteiger partial charge in [-0.2, -0.15) is 0 Å². The highest BCUT2D eigenvalue weighted by Gasteiger charge is 2.27. The van der Waals surface area contributed by atoms with Gasteiger partial charge in [0.2, 0.25) is 0 Å². The van der Waals surface area contributed by atoms with Crippen LogP contribution in [0.4, 0.5) is 0 Å². The molecule has 96 valence electrons. The molecule has 0 saturated heterocycles. The van der Waals surface area contributed by atoms with Crippen molar-refractivity contribution in [3.05, 3.63) is 29.8 Å². The molecule has 0 bridgehead atoms. The molecule has 0 aromatic heterocycles. The van der Waals surface area contributed by atoms with Crippen LogP contribution in [0.1, 0.15) is 25.0 Å². The van der Waals surface area contributed by atoms with Gasteiger partial charge < -0.3 is 14.2 Å². The van der Waals surface area contributed by atoms with Gasteiger partial charge in [-0.3, -0.25) is 0 Å². The highest BCUT2D eigenvalue weighted by atomic mass is 16.5. The summed E-state index contributed by atoms with van der Waals surface area (Å²) in [4.78, 5) is 0. The molecule has 1 aliphatic heterocycles. The Labute approximate surface area is 108 Å². The zero-order chi connectivity index (χ0) is 13.3. The number of benzene rings is 1.